The van der Waals surface area contributed by atoms with Crippen LogP contribution >= 0.6 is 0 Å². The number of imide groups is 1. The molecule has 3 amide bonds. The summed E-state index contributed by atoms with van der Waals surface area (Å²) in [5, 5.41) is 0. The SMILES string of the molecule is Cc1ccccc1CN1C(=O)C2C(N=C3N(c4ccc(F)cc4)CCN32)N(C)C1=O. The molecule has 8 heteroatoms. The van der Waals surface area contributed by atoms with Gasteiger partial charge in [-0.1, -0.05) is 24.3 Å². The van der Waals surface area contributed by atoms with Gasteiger partial charge in [0.05, 0.1) is 6.54 Å². The maximum Gasteiger partial charge on any atom is 0.328 e. The van der Waals surface area contributed by atoms with Crippen molar-refractivity contribution in [3.05, 3.63) is 65.5 Å². The van der Waals surface area contributed by atoms with Gasteiger partial charge in [0.1, 0.15) is 5.82 Å². The topological polar surface area (TPSA) is 59.5 Å². The lowest BCUT2D eigenvalue weighted by molar-refractivity contribution is -0.137. The highest BCUT2D eigenvalue weighted by Crippen LogP contribution is 2.34. The van der Waals surface area contributed by atoms with Gasteiger partial charge in [0.2, 0.25) is 5.96 Å². The number of nitrogens with zero attached hydrogens (tertiary/aromatic N) is 5. The zero-order valence-electron chi connectivity index (χ0n) is 16.8. The highest BCUT2D eigenvalue weighted by molar-refractivity contribution is 6.07. The van der Waals surface area contributed by atoms with Crippen molar-refractivity contribution in [1.82, 2.24) is 14.7 Å². The summed E-state index contributed by atoms with van der Waals surface area (Å²) in [7, 11) is 1.69. The molecule has 2 saturated heterocycles. The number of urea groups is 1. The molecule has 0 N–H and O–H groups in total. The minimum absolute atomic E-state index is 0.231. The van der Waals surface area contributed by atoms with Crippen molar-refractivity contribution in [1.29, 1.82) is 0 Å². The summed E-state index contributed by atoms with van der Waals surface area (Å²) >= 11 is 0. The third-order valence-electron chi connectivity index (χ3n) is 6.11. The Morgan fingerprint density at radius 2 is 1.80 bits per heavy atom. The van der Waals surface area contributed by atoms with Crippen molar-refractivity contribution in [3.63, 3.8) is 0 Å². The molecule has 3 heterocycles. The number of guanidine groups is 1. The first-order valence-corrected chi connectivity index (χ1v) is 9.96. The van der Waals surface area contributed by atoms with E-state index in [-0.39, 0.29) is 24.3 Å². The number of aryl methyl sites for hydroxylation is 1. The second-order valence-corrected chi connectivity index (χ2v) is 7.85. The molecular weight excluding hydrogens is 385 g/mol. The number of carbonyl (C=O) groups excluding carboxylic acids is 2. The van der Waals surface area contributed by atoms with Crippen molar-refractivity contribution in [2.45, 2.75) is 25.7 Å². The number of halogens is 1. The smallest absolute Gasteiger partial charge is 0.325 e. The lowest BCUT2D eigenvalue weighted by Crippen LogP contribution is -2.64. The molecule has 2 fully saturated rings. The van der Waals surface area contributed by atoms with E-state index in [1.54, 1.807) is 24.1 Å². The molecule has 2 aromatic rings. The largest absolute Gasteiger partial charge is 0.328 e. The molecule has 0 aromatic heterocycles. The second kappa shape index (κ2) is 6.83. The molecule has 0 saturated carbocycles. The van der Waals surface area contributed by atoms with Crippen LogP contribution in [0.4, 0.5) is 14.9 Å². The molecule has 0 spiro atoms. The number of anilines is 1. The van der Waals surface area contributed by atoms with Crippen LogP contribution in [0.3, 0.4) is 0 Å². The van der Waals surface area contributed by atoms with E-state index in [1.807, 2.05) is 41.0 Å². The molecular formula is C22H22FN5O2. The van der Waals surface area contributed by atoms with Crippen LogP contribution in [0.25, 0.3) is 0 Å². The molecule has 154 valence electrons. The Labute approximate surface area is 174 Å². The first-order valence-electron chi connectivity index (χ1n) is 9.96. The second-order valence-electron chi connectivity index (χ2n) is 7.85. The Hall–Kier alpha value is -3.42. The average Bonchev–Trinajstić information content (AvgIpc) is 3.31. The molecule has 30 heavy (non-hydrogen) atoms. The van der Waals surface area contributed by atoms with Crippen molar-refractivity contribution in [2.24, 2.45) is 4.99 Å². The number of rotatable bonds is 3. The maximum atomic E-state index is 13.4. The summed E-state index contributed by atoms with van der Waals surface area (Å²) in [6.45, 7) is 3.47. The van der Waals surface area contributed by atoms with E-state index in [0.29, 0.717) is 19.0 Å². The van der Waals surface area contributed by atoms with Crippen LogP contribution in [-0.2, 0) is 11.3 Å². The number of hydrogen-bond donors (Lipinski definition) is 0. The van der Waals surface area contributed by atoms with Gasteiger partial charge in [0, 0.05) is 25.8 Å². The van der Waals surface area contributed by atoms with Gasteiger partial charge in [-0.2, -0.15) is 0 Å². The highest BCUT2D eigenvalue weighted by atomic mass is 19.1. The minimum atomic E-state index is -0.559. The molecule has 2 unspecified atom stereocenters. The van der Waals surface area contributed by atoms with Crippen molar-refractivity contribution >= 4 is 23.6 Å². The van der Waals surface area contributed by atoms with Gasteiger partial charge in [-0.05, 0) is 42.3 Å². The predicted octanol–water partition coefficient (Wildman–Crippen LogP) is 2.41. The summed E-state index contributed by atoms with van der Waals surface area (Å²) < 4.78 is 13.3. The Morgan fingerprint density at radius 3 is 2.53 bits per heavy atom. The van der Waals surface area contributed by atoms with Crippen LogP contribution in [0, 0.1) is 12.7 Å². The average molecular weight is 407 g/mol. The summed E-state index contributed by atoms with van der Waals surface area (Å²) in [4.78, 5) is 37.9. The number of fused-ring (bicyclic) bond motifs is 3. The lowest BCUT2D eigenvalue weighted by Gasteiger charge is -2.40. The zero-order chi connectivity index (χ0) is 21.0. The van der Waals surface area contributed by atoms with Crippen LogP contribution in [0.2, 0.25) is 0 Å². The Kier molecular flexibility index (Phi) is 4.23. The van der Waals surface area contributed by atoms with E-state index in [9.17, 15) is 14.0 Å². The number of hydrogen-bond acceptors (Lipinski definition) is 5. The molecule has 0 radical (unpaired) electrons. The van der Waals surface area contributed by atoms with Crippen LogP contribution in [0.1, 0.15) is 11.1 Å². The molecule has 3 aliphatic heterocycles. The summed E-state index contributed by atoms with van der Waals surface area (Å²) in [6, 6.07) is 13.1. The van der Waals surface area contributed by atoms with E-state index < -0.39 is 12.2 Å². The summed E-state index contributed by atoms with van der Waals surface area (Å²) in [6.07, 6.45) is -0.559. The van der Waals surface area contributed by atoms with Crippen molar-refractivity contribution in [3.8, 4) is 0 Å². The quantitative estimate of drug-likeness (QED) is 0.784. The molecule has 2 aromatic carbocycles. The van der Waals surface area contributed by atoms with Gasteiger partial charge in [-0.25, -0.2) is 14.2 Å². The number of carbonyl (C=O) groups is 2. The van der Waals surface area contributed by atoms with Crippen molar-refractivity contribution in [2.75, 3.05) is 25.0 Å². The fraction of sp³-hybridized carbons (Fsp3) is 0.318. The van der Waals surface area contributed by atoms with Gasteiger partial charge < -0.3 is 14.7 Å². The lowest BCUT2D eigenvalue weighted by atomic mass is 10.1. The molecule has 0 bridgehead atoms. The van der Waals surface area contributed by atoms with Gasteiger partial charge in [0.15, 0.2) is 12.2 Å². The first-order chi connectivity index (χ1) is 14.5. The number of amides is 3. The Bertz CT molecular complexity index is 1050. The number of benzene rings is 2. The summed E-state index contributed by atoms with van der Waals surface area (Å²) in [5.74, 6) is 0.123. The van der Waals surface area contributed by atoms with Crippen molar-refractivity contribution < 1.29 is 14.0 Å². The fourth-order valence-electron chi connectivity index (χ4n) is 4.41. The molecule has 7 nitrogen and oxygen atoms in total. The third kappa shape index (κ3) is 2.74. The normalized spacial score (nSPS) is 23.1. The monoisotopic (exact) mass is 407 g/mol. The van der Waals surface area contributed by atoms with Gasteiger partial charge in [0.25, 0.3) is 5.91 Å². The van der Waals surface area contributed by atoms with Crippen LogP contribution in [0.15, 0.2) is 53.5 Å². The van der Waals surface area contributed by atoms with E-state index >= 15 is 0 Å². The number of aliphatic imine (C=N–C) groups is 1. The maximum absolute atomic E-state index is 13.4. The zero-order valence-corrected chi connectivity index (χ0v) is 16.8. The minimum Gasteiger partial charge on any atom is -0.325 e. The predicted molar refractivity (Wildman–Crippen MR) is 110 cm³/mol. The van der Waals surface area contributed by atoms with Crippen LogP contribution in [-0.4, -0.2) is 64.9 Å². The van der Waals surface area contributed by atoms with E-state index in [0.717, 1.165) is 16.8 Å². The molecule has 0 aliphatic carbocycles. The third-order valence-corrected chi connectivity index (χ3v) is 6.11. The molecule has 3 aliphatic rings. The Balaban J connectivity index is 1.44. The molecule has 5 rings (SSSR count). The van der Waals surface area contributed by atoms with Gasteiger partial charge in [-0.3, -0.25) is 9.69 Å². The Morgan fingerprint density at radius 1 is 1.07 bits per heavy atom. The van der Waals surface area contributed by atoms with Gasteiger partial charge in [-0.15, -0.1) is 0 Å². The van der Waals surface area contributed by atoms with E-state index in [2.05, 4.69) is 0 Å². The first kappa shape index (κ1) is 18.6. The van der Waals surface area contributed by atoms with E-state index in [4.69, 9.17) is 4.99 Å². The van der Waals surface area contributed by atoms with E-state index in [1.165, 1.54) is 17.0 Å². The summed E-state index contributed by atoms with van der Waals surface area (Å²) in [5.41, 5.74) is 2.80. The van der Waals surface area contributed by atoms with Crippen LogP contribution < -0.4 is 4.90 Å². The molecule has 2 atom stereocenters. The fourth-order valence-corrected chi connectivity index (χ4v) is 4.41. The standard InChI is InChI=1S/C22H22FN5O2/c1-14-5-3-4-6-15(14)13-28-20(29)18-19(25(2)22(28)30)24-21-26(11-12-27(18)21)17-9-7-16(23)8-10-17/h3-10,18-19H,11-13H2,1-2H3. The van der Waals surface area contributed by atoms with Crippen LogP contribution in [0.5, 0.6) is 0 Å². The van der Waals surface area contributed by atoms with Gasteiger partial charge >= 0.3 is 6.03 Å². The highest BCUT2D eigenvalue weighted by Gasteiger charge is 2.54. The number of likely N-dealkylation sites (N-methyl/N-ethyl adjacent to an activating group) is 1.